The van der Waals surface area contributed by atoms with Crippen LogP contribution in [0.3, 0.4) is 0 Å². The summed E-state index contributed by atoms with van der Waals surface area (Å²) in [4.78, 5) is 0. The summed E-state index contributed by atoms with van der Waals surface area (Å²) in [5, 5.41) is 4.08. The molecule has 0 unspecified atom stereocenters. The van der Waals surface area contributed by atoms with Crippen molar-refractivity contribution in [2.45, 2.75) is 25.7 Å². The predicted molar refractivity (Wildman–Crippen MR) is 74.1 cm³/mol. The third-order valence-electron chi connectivity index (χ3n) is 3.58. The Balaban J connectivity index is 2.48. The van der Waals surface area contributed by atoms with Crippen LogP contribution in [0, 0.1) is 6.92 Å². The number of aryl methyl sites for hydroxylation is 1. The highest BCUT2D eigenvalue weighted by atomic mass is 35.5. The molecule has 0 saturated carbocycles. The number of hydrogen-bond donors (Lipinski definition) is 1. The molecule has 1 N–H and O–H groups in total. The minimum absolute atomic E-state index is 0.447. The van der Waals surface area contributed by atoms with Crippen LogP contribution in [0.1, 0.15) is 29.9 Å². The van der Waals surface area contributed by atoms with Crippen molar-refractivity contribution in [3.63, 3.8) is 0 Å². The number of benzene rings is 1. The molecule has 1 saturated heterocycles. The molecule has 3 nitrogen and oxygen atoms in total. The van der Waals surface area contributed by atoms with Crippen LogP contribution in [0.25, 0.3) is 0 Å². The summed E-state index contributed by atoms with van der Waals surface area (Å²) >= 11 is 6.51. The Morgan fingerprint density at radius 2 is 1.89 bits per heavy atom. The van der Waals surface area contributed by atoms with Gasteiger partial charge in [-0.05, 0) is 50.4 Å². The monoisotopic (exact) mass is 269 g/mol. The number of rotatable bonds is 3. The summed E-state index contributed by atoms with van der Waals surface area (Å²) in [6.45, 7) is 4.04. The van der Waals surface area contributed by atoms with E-state index < -0.39 is 0 Å². The van der Waals surface area contributed by atoms with E-state index in [1.54, 1.807) is 14.2 Å². The van der Waals surface area contributed by atoms with Crippen molar-refractivity contribution in [3.8, 4) is 11.5 Å². The lowest BCUT2D eigenvalue weighted by Crippen LogP contribution is -2.27. The van der Waals surface area contributed by atoms with Gasteiger partial charge in [0.2, 0.25) is 0 Å². The maximum Gasteiger partial charge on any atom is 0.140 e. The van der Waals surface area contributed by atoms with Gasteiger partial charge in [-0.15, -0.1) is 0 Å². The molecule has 0 atom stereocenters. The van der Waals surface area contributed by atoms with E-state index in [-0.39, 0.29) is 0 Å². The van der Waals surface area contributed by atoms with Gasteiger partial charge < -0.3 is 14.8 Å². The first kappa shape index (κ1) is 13.5. The van der Waals surface area contributed by atoms with Crippen molar-refractivity contribution in [3.05, 3.63) is 22.2 Å². The van der Waals surface area contributed by atoms with Crippen LogP contribution in [0.5, 0.6) is 11.5 Å². The van der Waals surface area contributed by atoms with E-state index >= 15 is 0 Å². The summed E-state index contributed by atoms with van der Waals surface area (Å²) in [6.07, 6.45) is 2.17. The second kappa shape index (κ2) is 5.81. The van der Waals surface area contributed by atoms with Gasteiger partial charge in [0.1, 0.15) is 11.5 Å². The Morgan fingerprint density at radius 1 is 1.22 bits per heavy atom. The van der Waals surface area contributed by atoms with Crippen LogP contribution in [0.15, 0.2) is 6.07 Å². The van der Waals surface area contributed by atoms with E-state index in [0.29, 0.717) is 10.9 Å². The van der Waals surface area contributed by atoms with Gasteiger partial charge in [0, 0.05) is 5.56 Å². The number of hydrogen-bond acceptors (Lipinski definition) is 3. The van der Waals surface area contributed by atoms with Crippen molar-refractivity contribution >= 4 is 11.6 Å². The Hall–Kier alpha value is -0.930. The average molecular weight is 270 g/mol. The molecule has 100 valence electrons. The summed E-state index contributed by atoms with van der Waals surface area (Å²) in [7, 11) is 3.36. The third kappa shape index (κ3) is 2.43. The van der Waals surface area contributed by atoms with Crippen molar-refractivity contribution in [1.82, 2.24) is 5.32 Å². The molecule has 1 heterocycles. The summed E-state index contributed by atoms with van der Waals surface area (Å²) in [6, 6.07) is 2.02. The van der Waals surface area contributed by atoms with Crippen molar-refractivity contribution in [2.24, 2.45) is 0 Å². The molecule has 1 aromatic rings. The van der Waals surface area contributed by atoms with Gasteiger partial charge >= 0.3 is 0 Å². The van der Waals surface area contributed by atoms with E-state index in [4.69, 9.17) is 21.1 Å². The number of nitrogens with one attached hydrogen (secondary N) is 1. The second-order valence-electron chi connectivity index (χ2n) is 4.68. The smallest absolute Gasteiger partial charge is 0.140 e. The topological polar surface area (TPSA) is 30.5 Å². The normalized spacial score (nSPS) is 16.7. The first-order valence-electron chi connectivity index (χ1n) is 6.30. The molecule has 0 amide bonds. The molecule has 1 aliphatic rings. The van der Waals surface area contributed by atoms with E-state index in [0.717, 1.165) is 48.6 Å². The molecule has 18 heavy (non-hydrogen) atoms. The van der Waals surface area contributed by atoms with Crippen LogP contribution in [0.4, 0.5) is 0 Å². The molecule has 0 spiro atoms. The third-order valence-corrected chi connectivity index (χ3v) is 3.95. The zero-order valence-electron chi connectivity index (χ0n) is 11.2. The fourth-order valence-electron chi connectivity index (χ4n) is 2.65. The molecular weight excluding hydrogens is 250 g/mol. The maximum atomic E-state index is 6.51. The highest BCUT2D eigenvalue weighted by Gasteiger charge is 2.25. The lowest BCUT2D eigenvalue weighted by atomic mass is 9.88. The lowest BCUT2D eigenvalue weighted by Gasteiger charge is -2.26. The summed E-state index contributed by atoms with van der Waals surface area (Å²) in [5.41, 5.74) is 2.11. The Kier molecular flexibility index (Phi) is 4.36. The van der Waals surface area contributed by atoms with Crippen LogP contribution in [0.2, 0.25) is 5.02 Å². The number of ether oxygens (including phenoxy) is 2. The van der Waals surface area contributed by atoms with Crippen molar-refractivity contribution < 1.29 is 9.47 Å². The zero-order chi connectivity index (χ0) is 13.1. The zero-order valence-corrected chi connectivity index (χ0v) is 11.9. The highest BCUT2D eigenvalue weighted by Crippen LogP contribution is 2.44. The molecule has 1 aliphatic heterocycles. The van der Waals surface area contributed by atoms with Gasteiger partial charge in [0.05, 0.1) is 19.2 Å². The van der Waals surface area contributed by atoms with Gasteiger partial charge in [0.25, 0.3) is 0 Å². The quantitative estimate of drug-likeness (QED) is 0.915. The number of methoxy groups -OCH3 is 2. The van der Waals surface area contributed by atoms with Gasteiger partial charge in [-0.2, -0.15) is 0 Å². The van der Waals surface area contributed by atoms with E-state index in [1.807, 2.05) is 13.0 Å². The lowest BCUT2D eigenvalue weighted by molar-refractivity contribution is 0.382. The van der Waals surface area contributed by atoms with E-state index in [1.165, 1.54) is 0 Å². The molecule has 1 aromatic carbocycles. The van der Waals surface area contributed by atoms with Crippen LogP contribution in [-0.2, 0) is 0 Å². The molecular formula is C14H20ClNO2. The minimum Gasteiger partial charge on any atom is -0.496 e. The Bertz CT molecular complexity index is 428. The number of halogens is 1. The van der Waals surface area contributed by atoms with E-state index in [9.17, 15) is 0 Å². The standard InChI is InChI=1S/C14H20ClNO2/c1-9-8-11(17-2)12(13(15)14(9)18-3)10-4-6-16-7-5-10/h8,10,16H,4-7H2,1-3H3. The van der Waals surface area contributed by atoms with Crippen molar-refractivity contribution in [2.75, 3.05) is 27.3 Å². The van der Waals surface area contributed by atoms with Gasteiger partial charge in [-0.1, -0.05) is 11.6 Å². The maximum absolute atomic E-state index is 6.51. The fourth-order valence-corrected chi connectivity index (χ4v) is 3.13. The van der Waals surface area contributed by atoms with Crippen molar-refractivity contribution in [1.29, 1.82) is 0 Å². The highest BCUT2D eigenvalue weighted by molar-refractivity contribution is 6.33. The molecule has 1 fully saturated rings. The molecule has 0 bridgehead atoms. The molecule has 4 heteroatoms. The van der Waals surface area contributed by atoms with Crippen LogP contribution in [-0.4, -0.2) is 27.3 Å². The average Bonchev–Trinajstić information content (AvgIpc) is 2.39. The number of piperidine rings is 1. The molecule has 0 aliphatic carbocycles. The molecule has 2 rings (SSSR count). The minimum atomic E-state index is 0.447. The van der Waals surface area contributed by atoms with Crippen LogP contribution >= 0.6 is 11.6 Å². The first-order chi connectivity index (χ1) is 8.69. The first-order valence-corrected chi connectivity index (χ1v) is 6.68. The Morgan fingerprint density at radius 3 is 2.44 bits per heavy atom. The summed E-state index contributed by atoms with van der Waals surface area (Å²) < 4.78 is 10.9. The predicted octanol–water partition coefficient (Wildman–Crippen LogP) is 3.13. The van der Waals surface area contributed by atoms with Gasteiger partial charge in [0.15, 0.2) is 0 Å². The Labute approximate surface area is 113 Å². The second-order valence-corrected chi connectivity index (χ2v) is 5.06. The molecule has 0 aromatic heterocycles. The van der Waals surface area contributed by atoms with Gasteiger partial charge in [-0.3, -0.25) is 0 Å². The van der Waals surface area contributed by atoms with E-state index in [2.05, 4.69) is 5.32 Å². The fraction of sp³-hybridized carbons (Fsp3) is 0.571. The van der Waals surface area contributed by atoms with Crippen LogP contribution < -0.4 is 14.8 Å². The SMILES string of the molecule is COc1cc(C)c(OC)c(Cl)c1C1CCNCC1. The summed E-state index contributed by atoms with van der Waals surface area (Å²) in [5.74, 6) is 2.10. The van der Waals surface area contributed by atoms with Gasteiger partial charge in [-0.25, -0.2) is 0 Å². The largest absolute Gasteiger partial charge is 0.496 e. The molecule has 0 radical (unpaired) electrons.